The maximum Gasteiger partial charge on any atom is 0.315 e. The van der Waals surface area contributed by atoms with Crippen LogP contribution in [0.1, 0.15) is 23.0 Å². The lowest BCUT2D eigenvalue weighted by Gasteiger charge is -2.53. The minimum absolute atomic E-state index is 0.128. The lowest BCUT2D eigenvalue weighted by molar-refractivity contribution is -0.165. The van der Waals surface area contributed by atoms with E-state index in [1.54, 1.807) is 24.7 Å². The first kappa shape index (κ1) is 14.5. The molecule has 0 unspecified atom stereocenters. The molecule has 1 aliphatic carbocycles. The number of rotatable bonds is 0. The van der Waals surface area contributed by atoms with Gasteiger partial charge in [0, 0.05) is 45.9 Å². The zero-order valence-electron chi connectivity index (χ0n) is 14.4. The quantitative estimate of drug-likeness (QED) is 0.341. The predicted octanol–water partition coefficient (Wildman–Crippen LogP) is 4.13. The summed E-state index contributed by atoms with van der Waals surface area (Å²) in [4.78, 5) is 25.4. The molecule has 4 atom stereocenters. The summed E-state index contributed by atoms with van der Waals surface area (Å²) < 4.78 is 22.0. The molecule has 0 saturated heterocycles. The molecule has 7 rings (SSSR count). The van der Waals surface area contributed by atoms with Gasteiger partial charge in [0.1, 0.15) is 22.7 Å². The summed E-state index contributed by atoms with van der Waals surface area (Å²) in [5, 5.41) is 1.89. The largest absolute Gasteiger partial charge is 0.464 e. The van der Waals surface area contributed by atoms with Crippen LogP contribution >= 0.6 is 0 Å². The van der Waals surface area contributed by atoms with E-state index in [0.29, 0.717) is 22.7 Å². The van der Waals surface area contributed by atoms with Crippen LogP contribution in [0.25, 0.3) is 21.9 Å². The van der Waals surface area contributed by atoms with Crippen LogP contribution < -0.4 is 9.47 Å². The number of hydrogen-bond acceptors (Lipinski definition) is 6. The molecule has 4 aromatic rings. The molecule has 0 amide bonds. The number of carbonyl (C=O) groups is 2. The van der Waals surface area contributed by atoms with Crippen molar-refractivity contribution in [3.05, 3.63) is 60.1 Å². The Hall–Kier alpha value is -3.54. The van der Waals surface area contributed by atoms with Gasteiger partial charge in [-0.1, -0.05) is 0 Å². The molecule has 136 valence electrons. The van der Waals surface area contributed by atoms with Crippen molar-refractivity contribution < 1.29 is 27.9 Å². The summed E-state index contributed by atoms with van der Waals surface area (Å²) >= 11 is 0. The molecule has 2 aromatic heterocycles. The van der Waals surface area contributed by atoms with Crippen molar-refractivity contribution in [3.8, 4) is 11.5 Å². The third-order valence-corrected chi connectivity index (χ3v) is 6.40. The Bertz CT molecular complexity index is 1240. The Morgan fingerprint density at radius 3 is 1.54 bits per heavy atom. The van der Waals surface area contributed by atoms with E-state index in [-0.39, 0.29) is 23.8 Å². The Labute approximate surface area is 157 Å². The highest BCUT2D eigenvalue weighted by Crippen LogP contribution is 2.65. The van der Waals surface area contributed by atoms with Gasteiger partial charge in [-0.05, 0) is 24.3 Å². The Balaban J connectivity index is 1.47. The summed E-state index contributed by atoms with van der Waals surface area (Å²) in [5.74, 6) is -1.05. The molecule has 6 nitrogen and oxygen atoms in total. The molecule has 6 heteroatoms. The van der Waals surface area contributed by atoms with E-state index in [1.807, 2.05) is 24.3 Å². The molecule has 2 aromatic carbocycles. The van der Waals surface area contributed by atoms with Crippen molar-refractivity contribution in [1.82, 2.24) is 0 Å². The zero-order chi connectivity index (χ0) is 18.6. The van der Waals surface area contributed by atoms with E-state index in [2.05, 4.69) is 0 Å². The Morgan fingerprint density at radius 2 is 1.07 bits per heavy atom. The van der Waals surface area contributed by atoms with Gasteiger partial charge in [-0.2, -0.15) is 0 Å². The third-order valence-electron chi connectivity index (χ3n) is 6.40. The standard InChI is InChI=1S/C22H12O6/c23-21-19-17(11-5-9-1-3-25-13(9)7-15(11)27-21)18-12-6-10-2-4-26-14(10)8-16(12)28-22(24)20(18)19/h1-8,17-20H/t17-,18+,19-,20+. The zero-order valence-corrected chi connectivity index (χ0v) is 14.4. The molecule has 0 radical (unpaired) electrons. The average Bonchev–Trinajstić information content (AvgIpc) is 3.28. The van der Waals surface area contributed by atoms with E-state index < -0.39 is 11.8 Å². The van der Waals surface area contributed by atoms with Gasteiger partial charge in [-0.25, -0.2) is 0 Å². The molecule has 4 heterocycles. The fourth-order valence-electron chi connectivity index (χ4n) is 5.18. The monoisotopic (exact) mass is 372 g/mol. The highest BCUT2D eigenvalue weighted by atomic mass is 16.5. The van der Waals surface area contributed by atoms with E-state index in [4.69, 9.17) is 18.3 Å². The number of esters is 2. The molecule has 1 saturated carbocycles. The number of furan rings is 2. The van der Waals surface area contributed by atoms with Crippen LogP contribution in [-0.4, -0.2) is 11.9 Å². The van der Waals surface area contributed by atoms with Gasteiger partial charge in [0.2, 0.25) is 0 Å². The summed E-state index contributed by atoms with van der Waals surface area (Å²) in [6.07, 6.45) is 3.23. The highest BCUT2D eigenvalue weighted by Gasteiger charge is 2.64. The summed E-state index contributed by atoms with van der Waals surface area (Å²) in [7, 11) is 0. The maximum absolute atomic E-state index is 12.7. The van der Waals surface area contributed by atoms with Gasteiger partial charge in [0.25, 0.3) is 0 Å². The normalized spacial score (nSPS) is 27.3. The molecule has 0 bridgehead atoms. The lowest BCUT2D eigenvalue weighted by atomic mass is 9.51. The molecule has 0 spiro atoms. The smallest absolute Gasteiger partial charge is 0.315 e. The predicted molar refractivity (Wildman–Crippen MR) is 96.2 cm³/mol. The second kappa shape index (κ2) is 4.65. The van der Waals surface area contributed by atoms with E-state index >= 15 is 0 Å². The Morgan fingerprint density at radius 1 is 0.607 bits per heavy atom. The summed E-state index contributed by atoms with van der Waals surface area (Å²) in [6.45, 7) is 0. The number of hydrogen-bond donors (Lipinski definition) is 0. The van der Waals surface area contributed by atoms with Crippen molar-refractivity contribution in [3.63, 3.8) is 0 Å². The van der Waals surface area contributed by atoms with Gasteiger partial charge in [0.15, 0.2) is 0 Å². The average molecular weight is 372 g/mol. The number of ether oxygens (including phenoxy) is 2. The van der Waals surface area contributed by atoms with Crippen LogP contribution in [0.15, 0.2) is 57.8 Å². The minimum atomic E-state index is -0.525. The van der Waals surface area contributed by atoms with E-state index in [1.165, 1.54) is 0 Å². The van der Waals surface area contributed by atoms with Gasteiger partial charge in [-0.3, -0.25) is 9.59 Å². The first-order valence-electron chi connectivity index (χ1n) is 9.15. The SMILES string of the molecule is O=C1Oc2cc3occc3cc2[C@@H]2[C@H]1[C@@H]1C(=O)Oc3cc4occc4cc3[C@@H]12. The molecule has 2 aliphatic heterocycles. The number of benzene rings is 2. The van der Waals surface area contributed by atoms with Crippen LogP contribution in [-0.2, 0) is 9.59 Å². The topological polar surface area (TPSA) is 78.9 Å². The second-order valence-electron chi connectivity index (χ2n) is 7.64. The van der Waals surface area contributed by atoms with E-state index in [9.17, 15) is 9.59 Å². The minimum Gasteiger partial charge on any atom is -0.464 e. The maximum atomic E-state index is 12.7. The molecular formula is C22H12O6. The van der Waals surface area contributed by atoms with Crippen molar-refractivity contribution in [1.29, 1.82) is 0 Å². The first-order chi connectivity index (χ1) is 13.7. The van der Waals surface area contributed by atoms with Crippen molar-refractivity contribution in [2.45, 2.75) is 11.8 Å². The van der Waals surface area contributed by atoms with Crippen LogP contribution in [0.4, 0.5) is 0 Å². The van der Waals surface area contributed by atoms with Crippen LogP contribution in [0.5, 0.6) is 11.5 Å². The molecular weight excluding hydrogens is 360 g/mol. The van der Waals surface area contributed by atoms with E-state index in [0.717, 1.165) is 21.9 Å². The first-order valence-corrected chi connectivity index (χ1v) is 9.15. The lowest BCUT2D eigenvalue weighted by Crippen LogP contribution is -2.57. The molecule has 3 aliphatic rings. The molecule has 28 heavy (non-hydrogen) atoms. The van der Waals surface area contributed by atoms with Crippen LogP contribution in [0, 0.1) is 11.8 Å². The molecule has 1 fully saturated rings. The Kier molecular flexibility index (Phi) is 2.41. The third kappa shape index (κ3) is 1.60. The fraction of sp³-hybridized carbons (Fsp3) is 0.182. The van der Waals surface area contributed by atoms with Gasteiger partial charge >= 0.3 is 11.9 Å². The number of fused-ring (bicyclic) bond motifs is 10. The van der Waals surface area contributed by atoms with Gasteiger partial charge < -0.3 is 18.3 Å². The fourth-order valence-corrected chi connectivity index (χ4v) is 5.18. The summed E-state index contributed by atoms with van der Waals surface area (Å²) in [5.41, 5.74) is 3.22. The van der Waals surface area contributed by atoms with Crippen molar-refractivity contribution in [2.24, 2.45) is 11.8 Å². The van der Waals surface area contributed by atoms with Crippen LogP contribution in [0.3, 0.4) is 0 Å². The van der Waals surface area contributed by atoms with Gasteiger partial charge in [0.05, 0.1) is 24.4 Å². The highest BCUT2D eigenvalue weighted by molar-refractivity contribution is 5.95. The second-order valence-corrected chi connectivity index (χ2v) is 7.64. The van der Waals surface area contributed by atoms with Crippen molar-refractivity contribution >= 4 is 33.9 Å². The van der Waals surface area contributed by atoms with Crippen molar-refractivity contribution in [2.75, 3.05) is 0 Å². The van der Waals surface area contributed by atoms with Gasteiger partial charge in [-0.15, -0.1) is 0 Å². The molecule has 0 N–H and O–H groups in total. The van der Waals surface area contributed by atoms with Crippen LogP contribution in [0.2, 0.25) is 0 Å². The summed E-state index contributed by atoms with van der Waals surface area (Å²) in [6, 6.07) is 11.3. The number of carbonyl (C=O) groups excluding carboxylic acids is 2.